The first-order chi connectivity index (χ1) is 17.4. The zero-order valence-corrected chi connectivity index (χ0v) is 22.9. The monoisotopic (exact) mass is 506 g/mol. The number of nitrogens with one attached hydrogen (secondary N) is 2. The molecule has 0 radical (unpaired) electrons. The predicted molar refractivity (Wildman–Crippen MR) is 146 cm³/mol. The Kier molecular flexibility index (Phi) is 7.65. The number of carbonyl (C=O) groups excluding carboxylic acids is 2. The lowest BCUT2D eigenvalue weighted by Gasteiger charge is -2.50. The quantitative estimate of drug-likeness (QED) is 0.496. The van der Waals surface area contributed by atoms with Gasteiger partial charge in [-0.2, -0.15) is 0 Å². The molecule has 2 aliphatic rings. The van der Waals surface area contributed by atoms with Gasteiger partial charge >= 0.3 is 0 Å². The van der Waals surface area contributed by atoms with E-state index >= 15 is 0 Å². The smallest absolute Gasteiger partial charge is 0.251 e. The molecule has 0 aliphatic heterocycles. The lowest BCUT2D eigenvalue weighted by Crippen LogP contribution is -2.52. The molecule has 2 aliphatic carbocycles. The van der Waals surface area contributed by atoms with E-state index in [9.17, 15) is 14.7 Å². The Labute approximate surface area is 221 Å². The fourth-order valence-electron chi connectivity index (χ4n) is 6.72. The van der Waals surface area contributed by atoms with Gasteiger partial charge in [-0.25, -0.2) is 0 Å². The average Bonchev–Trinajstić information content (AvgIpc) is 3.07. The summed E-state index contributed by atoms with van der Waals surface area (Å²) < 4.78 is 0. The van der Waals surface area contributed by atoms with Crippen molar-refractivity contribution in [2.45, 2.75) is 77.5 Å². The van der Waals surface area contributed by atoms with Crippen molar-refractivity contribution >= 4 is 17.5 Å². The van der Waals surface area contributed by atoms with E-state index < -0.39 is 5.60 Å². The SMILES string of the molecule is CN(C)c1ccc(C(=O)N[C@H]2CC(C)(C)[C@@H]3C[C@](C)(O)CC[C@@]23CCC(=O)NCc2cccnc2)cc1. The van der Waals surface area contributed by atoms with Crippen molar-refractivity contribution in [2.24, 2.45) is 16.7 Å². The molecule has 2 saturated carbocycles. The molecule has 4 rings (SSSR count). The normalized spacial score (nSPS) is 28.3. The predicted octanol–water partition coefficient (Wildman–Crippen LogP) is 4.31. The van der Waals surface area contributed by atoms with Crippen molar-refractivity contribution < 1.29 is 14.7 Å². The Bertz CT molecular complexity index is 1100. The number of hydrogen-bond donors (Lipinski definition) is 3. The van der Waals surface area contributed by atoms with Crippen LogP contribution in [0.5, 0.6) is 0 Å². The summed E-state index contributed by atoms with van der Waals surface area (Å²) in [6.45, 7) is 6.86. The minimum atomic E-state index is -0.727. The summed E-state index contributed by atoms with van der Waals surface area (Å²) in [6.07, 6.45) is 7.51. The van der Waals surface area contributed by atoms with Crippen molar-refractivity contribution in [1.82, 2.24) is 15.6 Å². The van der Waals surface area contributed by atoms with Crippen LogP contribution in [0.4, 0.5) is 5.69 Å². The van der Waals surface area contributed by atoms with Gasteiger partial charge in [0, 0.05) is 56.7 Å². The number of fused-ring (bicyclic) bond motifs is 1. The van der Waals surface area contributed by atoms with E-state index in [2.05, 4.69) is 29.5 Å². The molecule has 1 heterocycles. The first-order valence-corrected chi connectivity index (χ1v) is 13.4. The van der Waals surface area contributed by atoms with Gasteiger partial charge in [0.1, 0.15) is 0 Å². The van der Waals surface area contributed by atoms with E-state index in [1.165, 1.54) is 0 Å². The molecule has 200 valence electrons. The maximum atomic E-state index is 13.4. The second-order valence-electron chi connectivity index (χ2n) is 12.3. The lowest BCUT2D eigenvalue weighted by atomic mass is 9.57. The molecule has 2 amide bonds. The number of aromatic nitrogens is 1. The first kappa shape index (κ1) is 27.1. The molecule has 4 atom stereocenters. The maximum absolute atomic E-state index is 13.4. The van der Waals surface area contributed by atoms with E-state index in [0.29, 0.717) is 37.8 Å². The van der Waals surface area contributed by atoms with Crippen LogP contribution in [-0.2, 0) is 11.3 Å². The first-order valence-electron chi connectivity index (χ1n) is 13.4. The number of anilines is 1. The summed E-state index contributed by atoms with van der Waals surface area (Å²) in [4.78, 5) is 32.4. The third-order valence-corrected chi connectivity index (χ3v) is 8.82. The van der Waals surface area contributed by atoms with Crippen LogP contribution in [0.3, 0.4) is 0 Å². The summed E-state index contributed by atoms with van der Waals surface area (Å²) >= 11 is 0. The van der Waals surface area contributed by atoms with Gasteiger partial charge in [0.2, 0.25) is 5.91 Å². The van der Waals surface area contributed by atoms with Gasteiger partial charge < -0.3 is 20.6 Å². The molecule has 2 aromatic rings. The number of hydrogen-bond acceptors (Lipinski definition) is 5. The number of aliphatic hydroxyl groups is 1. The molecule has 1 aromatic heterocycles. The van der Waals surface area contributed by atoms with Crippen molar-refractivity contribution in [3.8, 4) is 0 Å². The van der Waals surface area contributed by atoms with Gasteiger partial charge in [0.05, 0.1) is 5.60 Å². The molecule has 0 unspecified atom stereocenters. The number of carbonyl (C=O) groups is 2. The lowest BCUT2D eigenvalue weighted by molar-refractivity contribution is -0.123. The molecule has 0 spiro atoms. The third-order valence-electron chi connectivity index (χ3n) is 8.82. The van der Waals surface area contributed by atoms with Crippen LogP contribution in [0.15, 0.2) is 48.8 Å². The Morgan fingerprint density at radius 3 is 2.46 bits per heavy atom. The van der Waals surface area contributed by atoms with Gasteiger partial charge in [-0.15, -0.1) is 0 Å². The van der Waals surface area contributed by atoms with Crippen LogP contribution in [-0.4, -0.2) is 47.6 Å². The molecular formula is C30H42N4O3. The number of nitrogens with zero attached hydrogens (tertiary/aromatic N) is 2. The zero-order valence-electron chi connectivity index (χ0n) is 22.9. The molecule has 2 fully saturated rings. The molecule has 1 aromatic carbocycles. The Balaban J connectivity index is 1.52. The van der Waals surface area contributed by atoms with E-state index in [1.54, 1.807) is 12.4 Å². The van der Waals surface area contributed by atoms with Gasteiger partial charge in [-0.05, 0) is 91.7 Å². The van der Waals surface area contributed by atoms with Crippen LogP contribution in [0.2, 0.25) is 0 Å². The van der Waals surface area contributed by atoms with Gasteiger partial charge in [-0.3, -0.25) is 14.6 Å². The Morgan fingerprint density at radius 2 is 1.81 bits per heavy atom. The van der Waals surface area contributed by atoms with Crippen LogP contribution in [0.1, 0.15) is 75.2 Å². The Morgan fingerprint density at radius 1 is 1.08 bits per heavy atom. The molecule has 3 N–H and O–H groups in total. The van der Waals surface area contributed by atoms with Crippen LogP contribution >= 0.6 is 0 Å². The molecule has 7 nitrogen and oxygen atoms in total. The minimum Gasteiger partial charge on any atom is -0.390 e. The molecular weight excluding hydrogens is 464 g/mol. The largest absolute Gasteiger partial charge is 0.390 e. The molecule has 0 saturated heterocycles. The standard InChI is InChI=1S/C30H42N4O3/c1-28(2)18-25(33-27(36)22-8-10-23(11-9-22)34(4)5)30(15-14-29(3,37)17-24(28)30)13-12-26(35)32-20-21-7-6-16-31-19-21/h6-11,16,19,24-25,37H,12-15,17-18,20H2,1-5H3,(H,32,35)(H,33,36)/t24-,25-,29+,30+/m0/s1. The maximum Gasteiger partial charge on any atom is 0.251 e. The number of pyridine rings is 1. The average molecular weight is 507 g/mol. The van der Waals surface area contributed by atoms with Crippen LogP contribution < -0.4 is 15.5 Å². The topological polar surface area (TPSA) is 94.6 Å². The molecule has 37 heavy (non-hydrogen) atoms. The van der Waals surface area contributed by atoms with E-state index in [0.717, 1.165) is 24.1 Å². The summed E-state index contributed by atoms with van der Waals surface area (Å²) in [5.41, 5.74) is 1.61. The van der Waals surface area contributed by atoms with Gasteiger partial charge in [0.15, 0.2) is 0 Å². The van der Waals surface area contributed by atoms with Crippen molar-refractivity contribution in [3.63, 3.8) is 0 Å². The summed E-state index contributed by atoms with van der Waals surface area (Å²) in [5.74, 6) is 0.129. The van der Waals surface area contributed by atoms with Crippen molar-refractivity contribution in [2.75, 3.05) is 19.0 Å². The van der Waals surface area contributed by atoms with E-state index in [-0.39, 0.29) is 34.6 Å². The highest BCUT2D eigenvalue weighted by Crippen LogP contribution is 2.63. The number of rotatable bonds is 8. The highest BCUT2D eigenvalue weighted by molar-refractivity contribution is 5.94. The summed E-state index contributed by atoms with van der Waals surface area (Å²) in [7, 11) is 3.95. The van der Waals surface area contributed by atoms with Crippen LogP contribution in [0.25, 0.3) is 0 Å². The highest BCUT2D eigenvalue weighted by Gasteiger charge is 2.61. The van der Waals surface area contributed by atoms with Crippen molar-refractivity contribution in [1.29, 1.82) is 0 Å². The highest BCUT2D eigenvalue weighted by atomic mass is 16.3. The summed E-state index contributed by atoms with van der Waals surface area (Å²) in [6, 6.07) is 11.4. The molecule has 0 bridgehead atoms. The van der Waals surface area contributed by atoms with E-state index in [1.807, 2.05) is 62.3 Å². The number of benzene rings is 1. The fourth-order valence-corrected chi connectivity index (χ4v) is 6.72. The van der Waals surface area contributed by atoms with Crippen LogP contribution in [0, 0.1) is 16.7 Å². The zero-order chi connectivity index (χ0) is 26.8. The summed E-state index contributed by atoms with van der Waals surface area (Å²) in [5, 5.41) is 17.4. The third kappa shape index (κ3) is 5.98. The second-order valence-corrected chi connectivity index (χ2v) is 12.3. The van der Waals surface area contributed by atoms with Crippen molar-refractivity contribution in [3.05, 3.63) is 59.9 Å². The fraction of sp³-hybridized carbons (Fsp3) is 0.567. The Hall–Kier alpha value is -2.93. The van der Waals surface area contributed by atoms with Gasteiger partial charge in [0.25, 0.3) is 5.91 Å². The number of amides is 2. The van der Waals surface area contributed by atoms with Gasteiger partial charge in [-0.1, -0.05) is 19.9 Å². The molecule has 7 heteroatoms. The second kappa shape index (κ2) is 10.4. The minimum absolute atomic E-state index is 0.00312. The van der Waals surface area contributed by atoms with E-state index in [4.69, 9.17) is 0 Å².